The van der Waals surface area contributed by atoms with Gasteiger partial charge in [-0.3, -0.25) is 14.3 Å². The topological polar surface area (TPSA) is 159 Å². The molecule has 12 heteroatoms. The number of aromatic amines is 1. The normalized spacial score (nSPS) is 22.8. The Balaban J connectivity index is 1.31. The molecule has 44 heavy (non-hydrogen) atoms. The maximum atomic E-state index is 12.4. The number of nitrogens with one attached hydrogen (secondary N) is 2. The Hall–Kier alpha value is -4.75. The SMILES string of the molecule is COc1ccc(C(OC[C@@]23CN[C@@H]([C@H](n4cnc5c(=O)[nH]c(N)nc54)O2)[C@@H]3O)(c2ccccc2)c2ccc(OC)cc2)cc1. The van der Waals surface area contributed by atoms with Gasteiger partial charge >= 0.3 is 0 Å². The van der Waals surface area contributed by atoms with Crippen LogP contribution in [0.15, 0.2) is 90.0 Å². The first kappa shape index (κ1) is 28.0. The van der Waals surface area contributed by atoms with E-state index in [-0.39, 0.29) is 23.7 Å². The summed E-state index contributed by atoms with van der Waals surface area (Å²) < 4.78 is 26.2. The molecular weight excluding hydrogens is 564 g/mol. The molecule has 7 rings (SSSR count). The number of aliphatic hydroxyl groups excluding tert-OH is 1. The highest BCUT2D eigenvalue weighted by Gasteiger charge is 2.61. The molecule has 5 N–H and O–H groups in total. The van der Waals surface area contributed by atoms with E-state index < -0.39 is 35.1 Å². The second-order valence-corrected chi connectivity index (χ2v) is 11.0. The molecule has 0 aliphatic carbocycles. The Kier molecular flexibility index (Phi) is 6.85. The van der Waals surface area contributed by atoms with Crippen molar-refractivity contribution in [3.05, 3.63) is 112 Å². The van der Waals surface area contributed by atoms with Crippen molar-refractivity contribution in [1.82, 2.24) is 24.8 Å². The van der Waals surface area contributed by atoms with Crippen molar-refractivity contribution in [2.45, 2.75) is 29.6 Å². The molecule has 2 fully saturated rings. The summed E-state index contributed by atoms with van der Waals surface area (Å²) in [6.07, 6.45) is -0.178. The van der Waals surface area contributed by atoms with E-state index in [1.807, 2.05) is 78.9 Å². The van der Waals surface area contributed by atoms with Gasteiger partial charge in [0.15, 0.2) is 17.4 Å². The summed E-state index contributed by atoms with van der Waals surface area (Å²) >= 11 is 0. The number of methoxy groups -OCH3 is 2. The van der Waals surface area contributed by atoms with E-state index in [1.54, 1.807) is 18.8 Å². The lowest BCUT2D eigenvalue weighted by molar-refractivity contribution is -0.161. The fourth-order valence-corrected chi connectivity index (χ4v) is 6.35. The van der Waals surface area contributed by atoms with Crippen molar-refractivity contribution in [3.8, 4) is 11.5 Å². The second kappa shape index (κ2) is 10.8. The van der Waals surface area contributed by atoms with E-state index in [1.165, 1.54) is 6.33 Å². The number of rotatable bonds is 9. The van der Waals surface area contributed by atoms with Crippen LogP contribution in [-0.2, 0) is 15.1 Å². The number of H-pyrrole nitrogens is 1. The molecule has 2 saturated heterocycles. The molecule has 4 heterocycles. The molecule has 0 saturated carbocycles. The molecule has 2 bridgehead atoms. The van der Waals surface area contributed by atoms with Gasteiger partial charge in [0.25, 0.3) is 5.56 Å². The third-order valence-corrected chi connectivity index (χ3v) is 8.61. The van der Waals surface area contributed by atoms with Gasteiger partial charge in [-0.2, -0.15) is 4.98 Å². The van der Waals surface area contributed by atoms with Crippen molar-refractivity contribution in [3.63, 3.8) is 0 Å². The van der Waals surface area contributed by atoms with E-state index >= 15 is 0 Å². The molecule has 5 aromatic rings. The summed E-state index contributed by atoms with van der Waals surface area (Å²) in [7, 11) is 3.25. The highest BCUT2D eigenvalue weighted by atomic mass is 16.6. The van der Waals surface area contributed by atoms with Crippen molar-refractivity contribution < 1.29 is 24.1 Å². The zero-order chi connectivity index (χ0) is 30.5. The molecule has 2 aliphatic heterocycles. The van der Waals surface area contributed by atoms with Crippen molar-refractivity contribution >= 4 is 17.1 Å². The lowest BCUT2D eigenvalue weighted by Crippen LogP contribution is -2.49. The summed E-state index contributed by atoms with van der Waals surface area (Å²) in [4.78, 5) is 23.4. The van der Waals surface area contributed by atoms with Crippen LogP contribution in [0.4, 0.5) is 5.95 Å². The smallest absolute Gasteiger partial charge is 0.280 e. The molecule has 0 amide bonds. The van der Waals surface area contributed by atoms with Gasteiger partial charge in [-0.05, 0) is 41.0 Å². The molecule has 2 aliphatic rings. The first-order valence-electron chi connectivity index (χ1n) is 14.2. The standard InChI is InChI=1S/C32H32N6O6/c1-41-22-12-8-20(9-13-22)32(19-6-4-3-5-7-19,21-10-14-23(42-2)15-11-21)43-17-31-16-34-24(26(31)39)29(44-31)38-18-35-25-27(38)36-30(33)37-28(25)40/h3-15,18,24,26,29,34,39H,16-17H2,1-2H3,(H3,33,36,37,40)/t24-,26+,29-,31-/m1/s1. The number of hydrogen-bond donors (Lipinski definition) is 4. The van der Waals surface area contributed by atoms with Crippen LogP contribution >= 0.6 is 0 Å². The maximum absolute atomic E-state index is 12.4. The molecule has 0 spiro atoms. The minimum atomic E-state index is -1.13. The van der Waals surface area contributed by atoms with Gasteiger partial charge in [-0.25, -0.2) is 4.98 Å². The van der Waals surface area contributed by atoms with Crippen molar-refractivity contribution in [1.29, 1.82) is 0 Å². The van der Waals surface area contributed by atoms with E-state index in [9.17, 15) is 9.90 Å². The molecule has 12 nitrogen and oxygen atoms in total. The van der Waals surface area contributed by atoms with Gasteiger partial charge in [0, 0.05) is 6.54 Å². The van der Waals surface area contributed by atoms with Crippen LogP contribution in [0.1, 0.15) is 22.9 Å². The van der Waals surface area contributed by atoms with E-state index in [4.69, 9.17) is 24.7 Å². The molecule has 226 valence electrons. The van der Waals surface area contributed by atoms with Crippen LogP contribution in [0, 0.1) is 0 Å². The van der Waals surface area contributed by atoms with Gasteiger partial charge in [-0.1, -0.05) is 54.6 Å². The number of fused-ring (bicyclic) bond motifs is 3. The monoisotopic (exact) mass is 596 g/mol. The fourth-order valence-electron chi connectivity index (χ4n) is 6.35. The number of nitrogens with zero attached hydrogens (tertiary/aromatic N) is 3. The van der Waals surface area contributed by atoms with Gasteiger partial charge in [-0.15, -0.1) is 0 Å². The first-order chi connectivity index (χ1) is 21.4. The third-order valence-electron chi connectivity index (χ3n) is 8.61. The molecule has 0 radical (unpaired) electrons. The number of imidazole rings is 1. The summed E-state index contributed by atoms with van der Waals surface area (Å²) in [5, 5.41) is 15.0. The first-order valence-corrected chi connectivity index (χ1v) is 14.2. The number of nitrogen functional groups attached to an aromatic ring is 1. The van der Waals surface area contributed by atoms with E-state index in [2.05, 4.69) is 20.3 Å². The minimum Gasteiger partial charge on any atom is -0.497 e. The minimum absolute atomic E-state index is 0.0178. The molecule has 3 aromatic carbocycles. The lowest BCUT2D eigenvalue weighted by Gasteiger charge is -2.40. The fraction of sp³-hybridized carbons (Fsp3) is 0.281. The Morgan fingerprint density at radius 2 is 1.61 bits per heavy atom. The summed E-state index contributed by atoms with van der Waals surface area (Å²) in [5.74, 6) is 1.39. The Labute approximate surface area is 252 Å². The average molecular weight is 597 g/mol. The average Bonchev–Trinajstić information content (AvgIpc) is 3.71. The summed E-state index contributed by atoms with van der Waals surface area (Å²) in [5.41, 5.74) is 6.16. The zero-order valence-corrected chi connectivity index (χ0v) is 24.1. The zero-order valence-electron chi connectivity index (χ0n) is 24.1. The van der Waals surface area contributed by atoms with Gasteiger partial charge < -0.3 is 35.1 Å². The van der Waals surface area contributed by atoms with Crippen LogP contribution in [0.5, 0.6) is 11.5 Å². The Bertz CT molecular complexity index is 1790. The number of benzene rings is 3. The summed E-state index contributed by atoms with van der Waals surface area (Å²) in [6.45, 7) is 0.359. The number of hydrogen-bond acceptors (Lipinski definition) is 10. The number of ether oxygens (including phenoxy) is 4. The second-order valence-electron chi connectivity index (χ2n) is 11.0. The predicted molar refractivity (Wildman–Crippen MR) is 161 cm³/mol. The quantitative estimate of drug-likeness (QED) is 0.186. The predicted octanol–water partition coefficient (Wildman–Crippen LogP) is 2.33. The van der Waals surface area contributed by atoms with E-state index in [0.29, 0.717) is 18.0 Å². The Morgan fingerprint density at radius 1 is 1.00 bits per heavy atom. The van der Waals surface area contributed by atoms with Crippen LogP contribution in [-0.4, -0.2) is 69.7 Å². The van der Waals surface area contributed by atoms with E-state index in [0.717, 1.165) is 16.7 Å². The van der Waals surface area contributed by atoms with Crippen LogP contribution in [0.25, 0.3) is 11.2 Å². The van der Waals surface area contributed by atoms with Crippen LogP contribution in [0.2, 0.25) is 0 Å². The van der Waals surface area contributed by atoms with Crippen molar-refractivity contribution in [2.75, 3.05) is 33.1 Å². The largest absolute Gasteiger partial charge is 0.497 e. The molecule has 2 aromatic heterocycles. The Morgan fingerprint density at radius 3 is 2.23 bits per heavy atom. The molecular formula is C32H32N6O6. The van der Waals surface area contributed by atoms with Crippen LogP contribution < -0.4 is 26.1 Å². The lowest BCUT2D eigenvalue weighted by atomic mass is 9.79. The maximum Gasteiger partial charge on any atom is 0.280 e. The number of aromatic nitrogens is 4. The van der Waals surface area contributed by atoms with Gasteiger partial charge in [0.1, 0.15) is 28.8 Å². The highest BCUT2D eigenvalue weighted by Crippen LogP contribution is 2.47. The molecule has 0 unspecified atom stereocenters. The third kappa shape index (κ3) is 4.34. The van der Waals surface area contributed by atoms with Gasteiger partial charge in [0.2, 0.25) is 5.95 Å². The number of aliphatic hydroxyl groups is 1. The molecule has 4 atom stereocenters. The highest BCUT2D eigenvalue weighted by molar-refractivity contribution is 5.70. The van der Waals surface area contributed by atoms with Gasteiger partial charge in [0.05, 0.1) is 33.2 Å². The number of morpholine rings is 1. The number of anilines is 1. The van der Waals surface area contributed by atoms with Crippen LogP contribution in [0.3, 0.4) is 0 Å². The van der Waals surface area contributed by atoms with Crippen molar-refractivity contribution in [2.24, 2.45) is 0 Å². The summed E-state index contributed by atoms with van der Waals surface area (Å²) in [6, 6.07) is 24.9. The number of nitrogens with two attached hydrogens (primary N) is 1.